The van der Waals surface area contributed by atoms with E-state index in [1.807, 2.05) is 0 Å². The Labute approximate surface area is 122 Å². The van der Waals surface area contributed by atoms with Crippen molar-refractivity contribution < 1.29 is 14.6 Å². The predicted molar refractivity (Wildman–Crippen MR) is 76.2 cm³/mol. The van der Waals surface area contributed by atoms with Gasteiger partial charge in [-0.05, 0) is 20.8 Å². The molecule has 21 heavy (non-hydrogen) atoms. The van der Waals surface area contributed by atoms with Gasteiger partial charge >= 0.3 is 5.63 Å². The van der Waals surface area contributed by atoms with Gasteiger partial charge in [0.1, 0.15) is 11.5 Å². The average Bonchev–Trinajstić information content (AvgIpc) is 2.60. The van der Waals surface area contributed by atoms with Crippen molar-refractivity contribution in [3.8, 4) is 5.75 Å². The summed E-state index contributed by atoms with van der Waals surface area (Å²) in [7, 11) is 0. The minimum Gasteiger partial charge on any atom is -0.757 e. The number of β-amino-alcohol motifs (C(OH)–C–C–N with tert-alkyl or cyclic N) is 1. The molecular weight excluding hydrogens is 276 g/mol. The van der Waals surface area contributed by atoms with E-state index in [9.17, 15) is 15.1 Å². The number of aryl methyl sites for hydroxylation is 1. The van der Waals surface area contributed by atoms with Gasteiger partial charge in [-0.3, -0.25) is 0 Å². The summed E-state index contributed by atoms with van der Waals surface area (Å²) in [5.41, 5.74) is 0.702. The Morgan fingerprint density at radius 1 is 1.33 bits per heavy atom. The first-order valence-electron chi connectivity index (χ1n) is 6.70. The molecular formula is C14H19N2O5-. The zero-order valence-electron chi connectivity index (χ0n) is 12.3. The third-order valence-electron chi connectivity index (χ3n) is 3.79. The molecule has 1 aromatic rings. The number of hydroxylamine groups is 2. The third-order valence-corrected chi connectivity index (χ3v) is 3.79. The van der Waals surface area contributed by atoms with Crippen LogP contribution in [0.25, 0.3) is 0 Å². The smallest absolute Gasteiger partial charge is 0.342 e. The molecule has 2 rings (SSSR count). The van der Waals surface area contributed by atoms with E-state index in [0.717, 1.165) is 10.8 Å². The zero-order chi connectivity index (χ0) is 15.7. The van der Waals surface area contributed by atoms with Crippen LogP contribution < -0.4 is 5.63 Å². The molecule has 0 fully saturated rings. The van der Waals surface area contributed by atoms with Gasteiger partial charge in [0.05, 0.1) is 18.3 Å². The van der Waals surface area contributed by atoms with Crippen LogP contribution in [0.15, 0.2) is 26.7 Å². The van der Waals surface area contributed by atoms with Gasteiger partial charge in [0.15, 0.2) is 0 Å². The third kappa shape index (κ3) is 2.74. The summed E-state index contributed by atoms with van der Waals surface area (Å²) in [5, 5.41) is 32.0. The molecule has 0 aliphatic carbocycles. The Morgan fingerprint density at radius 3 is 2.57 bits per heavy atom. The van der Waals surface area contributed by atoms with Crippen molar-refractivity contribution in [3.63, 3.8) is 0 Å². The molecule has 0 radical (unpaired) electrons. The van der Waals surface area contributed by atoms with Crippen LogP contribution in [-0.2, 0) is 6.42 Å². The number of allylic oxidation sites excluding steroid dienone is 2. The van der Waals surface area contributed by atoms with Crippen LogP contribution in [0.1, 0.15) is 25.2 Å². The van der Waals surface area contributed by atoms with Gasteiger partial charge in [-0.25, -0.2) is 4.79 Å². The second-order valence-electron chi connectivity index (χ2n) is 5.11. The Balaban J connectivity index is 2.33. The fourth-order valence-electron chi connectivity index (χ4n) is 2.55. The minimum atomic E-state index is -0.673. The quantitative estimate of drug-likeness (QED) is 0.850. The first kappa shape index (κ1) is 15.4. The summed E-state index contributed by atoms with van der Waals surface area (Å²) in [6, 6.07) is 1.35. The number of rotatable bonds is 4. The first-order valence-corrected chi connectivity index (χ1v) is 6.70. The zero-order valence-corrected chi connectivity index (χ0v) is 12.3. The number of aromatic hydroxyl groups is 1. The number of aliphatic hydroxyl groups is 1. The maximum atomic E-state index is 12.2. The van der Waals surface area contributed by atoms with Gasteiger partial charge in [-0.1, -0.05) is 0 Å². The summed E-state index contributed by atoms with van der Waals surface area (Å²) >= 11 is 0. The summed E-state index contributed by atoms with van der Waals surface area (Å²) in [4.78, 5) is 13.6. The highest BCUT2D eigenvalue weighted by molar-refractivity contribution is 5.31. The van der Waals surface area contributed by atoms with Crippen LogP contribution in [0.4, 0.5) is 0 Å². The van der Waals surface area contributed by atoms with Crippen molar-refractivity contribution in [1.82, 2.24) is 9.96 Å². The maximum Gasteiger partial charge on any atom is 0.342 e. The second kappa shape index (κ2) is 5.79. The number of nitrogens with zero attached hydrogens (tertiary/aromatic N) is 2. The lowest BCUT2D eigenvalue weighted by Crippen LogP contribution is -2.41. The minimum absolute atomic E-state index is 0.0205. The fourth-order valence-corrected chi connectivity index (χ4v) is 2.55. The van der Waals surface area contributed by atoms with Gasteiger partial charge in [0.25, 0.3) is 0 Å². The van der Waals surface area contributed by atoms with E-state index in [-0.39, 0.29) is 30.9 Å². The topological polar surface area (TPSA) is 100 Å². The highest BCUT2D eigenvalue weighted by Gasteiger charge is 2.30. The van der Waals surface area contributed by atoms with Crippen molar-refractivity contribution in [1.29, 1.82) is 0 Å². The monoisotopic (exact) mass is 295 g/mol. The first-order chi connectivity index (χ1) is 9.86. The second-order valence-corrected chi connectivity index (χ2v) is 5.11. The van der Waals surface area contributed by atoms with E-state index in [1.165, 1.54) is 6.07 Å². The van der Waals surface area contributed by atoms with E-state index in [2.05, 4.69) is 0 Å². The Kier molecular flexibility index (Phi) is 4.24. The Morgan fingerprint density at radius 2 is 2.00 bits per heavy atom. The van der Waals surface area contributed by atoms with Crippen LogP contribution in [-0.4, -0.2) is 39.5 Å². The summed E-state index contributed by atoms with van der Waals surface area (Å²) < 4.78 is 4.97. The van der Waals surface area contributed by atoms with Gasteiger partial charge < -0.3 is 29.8 Å². The largest absolute Gasteiger partial charge is 0.757 e. The molecule has 1 atom stereocenters. The molecule has 0 bridgehead atoms. The van der Waals surface area contributed by atoms with E-state index in [0.29, 0.717) is 11.5 Å². The maximum absolute atomic E-state index is 12.2. The van der Waals surface area contributed by atoms with E-state index >= 15 is 0 Å². The molecule has 7 heteroatoms. The average molecular weight is 295 g/mol. The van der Waals surface area contributed by atoms with Gasteiger partial charge in [0, 0.05) is 30.4 Å². The lowest BCUT2D eigenvalue weighted by Gasteiger charge is -2.38. The van der Waals surface area contributed by atoms with Crippen molar-refractivity contribution in [2.45, 2.75) is 33.4 Å². The molecule has 0 aromatic carbocycles. The predicted octanol–water partition coefficient (Wildman–Crippen LogP) is 0.882. The summed E-state index contributed by atoms with van der Waals surface area (Å²) in [6.45, 7) is 5.21. The van der Waals surface area contributed by atoms with Gasteiger partial charge in [0.2, 0.25) is 0 Å². The van der Waals surface area contributed by atoms with Crippen LogP contribution in [0, 0.1) is 12.1 Å². The lowest BCUT2D eigenvalue weighted by atomic mass is 10.1. The van der Waals surface area contributed by atoms with Crippen LogP contribution >= 0.6 is 0 Å². The summed E-state index contributed by atoms with van der Waals surface area (Å²) in [6.07, 6.45) is -0.652. The molecule has 0 saturated carbocycles. The molecule has 1 unspecified atom stereocenters. The number of aliphatic hydroxyl groups excluding tert-OH is 1. The molecule has 1 aromatic heterocycles. The molecule has 1 aliphatic heterocycles. The van der Waals surface area contributed by atoms with Crippen molar-refractivity contribution in [2.75, 3.05) is 13.2 Å². The van der Waals surface area contributed by atoms with Crippen molar-refractivity contribution in [3.05, 3.63) is 44.4 Å². The van der Waals surface area contributed by atoms with Crippen LogP contribution in [0.3, 0.4) is 0 Å². The normalized spacial score (nSPS) is 18.8. The Bertz CT molecular complexity index is 622. The van der Waals surface area contributed by atoms with Crippen LogP contribution in [0.2, 0.25) is 0 Å². The Hall–Kier alpha value is -1.99. The van der Waals surface area contributed by atoms with E-state index in [4.69, 9.17) is 9.52 Å². The van der Waals surface area contributed by atoms with Crippen molar-refractivity contribution in [2.24, 2.45) is 0 Å². The molecule has 7 nitrogen and oxygen atoms in total. The number of hydrogen-bond donors (Lipinski definition) is 2. The van der Waals surface area contributed by atoms with E-state index in [1.54, 1.807) is 25.7 Å². The standard InChI is InChI=1S/C14H19N2O5/c1-8-6-12(18)11(14(19)21-8)7-13-15(4-5-17)9(2)10(3)16(13)20/h6,13,17-18H,4-5,7H2,1-3H3/q-1. The summed E-state index contributed by atoms with van der Waals surface area (Å²) in [5.74, 6) is 0.132. The van der Waals surface area contributed by atoms with Gasteiger partial charge in [-0.15, -0.1) is 0 Å². The lowest BCUT2D eigenvalue weighted by molar-refractivity contribution is 0.142. The van der Waals surface area contributed by atoms with Crippen molar-refractivity contribution >= 4 is 0 Å². The molecule has 0 amide bonds. The number of hydrogen-bond acceptors (Lipinski definition) is 7. The molecule has 2 N–H and O–H groups in total. The molecule has 2 heterocycles. The van der Waals surface area contributed by atoms with Gasteiger partial charge in [-0.2, -0.15) is 0 Å². The molecule has 116 valence electrons. The molecule has 0 spiro atoms. The van der Waals surface area contributed by atoms with E-state index < -0.39 is 11.8 Å². The SMILES string of the molecule is CC1=C(C)N(CCO)C(Cc2c(O)cc(C)oc2=O)N1[O-]. The highest BCUT2D eigenvalue weighted by atomic mass is 16.5. The fraction of sp³-hybridized carbons (Fsp3) is 0.500. The molecule has 1 aliphatic rings. The highest BCUT2D eigenvalue weighted by Crippen LogP contribution is 2.30. The molecule has 0 saturated heterocycles. The van der Waals surface area contributed by atoms with Crippen LogP contribution in [0.5, 0.6) is 5.75 Å².